The summed E-state index contributed by atoms with van der Waals surface area (Å²) >= 11 is 11.2. The predicted octanol–water partition coefficient (Wildman–Crippen LogP) is 4.28. The Balaban J connectivity index is 1.52. The lowest BCUT2D eigenvalue weighted by atomic mass is 10.2. The summed E-state index contributed by atoms with van der Waals surface area (Å²) in [5.41, 5.74) is 1.69. The lowest BCUT2D eigenvalue weighted by molar-refractivity contribution is 0.340. The normalized spacial score (nSPS) is 10.4. The fraction of sp³-hybridized carbons (Fsp3) is 0.167. The molecular formula is C18H17ClN4O2S. The minimum Gasteiger partial charge on any atom is -0.494 e. The van der Waals surface area contributed by atoms with Gasteiger partial charge in [0.1, 0.15) is 5.75 Å². The zero-order chi connectivity index (χ0) is 18.4. The Morgan fingerprint density at radius 1 is 1.15 bits per heavy atom. The van der Waals surface area contributed by atoms with Crippen molar-refractivity contribution in [1.29, 1.82) is 0 Å². The van der Waals surface area contributed by atoms with Crippen LogP contribution in [-0.4, -0.2) is 21.9 Å². The zero-order valence-electron chi connectivity index (χ0n) is 14.0. The van der Waals surface area contributed by atoms with E-state index in [1.807, 2.05) is 43.3 Å². The number of hydrogen-bond acceptors (Lipinski definition) is 5. The maximum atomic E-state index is 5.88. The molecule has 0 radical (unpaired) electrons. The van der Waals surface area contributed by atoms with Gasteiger partial charge in [0.05, 0.1) is 13.2 Å². The number of ether oxygens (including phenoxy) is 1. The second-order valence-electron chi connectivity index (χ2n) is 5.28. The maximum Gasteiger partial charge on any atom is 0.246 e. The summed E-state index contributed by atoms with van der Waals surface area (Å²) in [4.78, 5) is 4.33. The molecular weight excluding hydrogens is 372 g/mol. The highest BCUT2D eigenvalue weighted by Gasteiger charge is 2.09. The molecule has 26 heavy (non-hydrogen) atoms. The van der Waals surface area contributed by atoms with E-state index >= 15 is 0 Å². The number of hydrogen-bond donors (Lipinski definition) is 2. The Morgan fingerprint density at radius 3 is 2.58 bits per heavy atom. The third-order valence-corrected chi connectivity index (χ3v) is 3.89. The van der Waals surface area contributed by atoms with Crippen molar-refractivity contribution in [1.82, 2.24) is 15.5 Å². The molecule has 0 aliphatic rings. The summed E-state index contributed by atoms with van der Waals surface area (Å²) < 4.78 is 10.6. The standard InChI is InChI=1S/C18H17ClN4O2S/c1-2-24-15-9-7-14(8-10-15)21-18(26)20-11-16-22-17(23-25-16)12-3-5-13(19)6-4-12/h3-10H,2,11H2,1H3,(H2,20,21,26). The van der Waals surface area contributed by atoms with Crippen LogP contribution in [0.25, 0.3) is 11.4 Å². The van der Waals surface area contributed by atoms with Gasteiger partial charge in [-0.2, -0.15) is 4.98 Å². The van der Waals surface area contributed by atoms with Crippen molar-refractivity contribution in [2.24, 2.45) is 0 Å². The molecule has 1 heterocycles. The van der Waals surface area contributed by atoms with Crippen molar-refractivity contribution >= 4 is 34.6 Å². The number of aromatic nitrogens is 2. The van der Waals surface area contributed by atoms with Crippen LogP contribution >= 0.6 is 23.8 Å². The van der Waals surface area contributed by atoms with Gasteiger partial charge in [0.2, 0.25) is 11.7 Å². The number of anilines is 1. The largest absolute Gasteiger partial charge is 0.494 e. The van der Waals surface area contributed by atoms with E-state index in [1.54, 1.807) is 12.1 Å². The fourth-order valence-electron chi connectivity index (χ4n) is 2.18. The molecule has 3 rings (SSSR count). The van der Waals surface area contributed by atoms with E-state index < -0.39 is 0 Å². The van der Waals surface area contributed by atoms with E-state index in [1.165, 1.54) is 0 Å². The van der Waals surface area contributed by atoms with Gasteiger partial charge in [-0.1, -0.05) is 16.8 Å². The molecule has 0 unspecified atom stereocenters. The van der Waals surface area contributed by atoms with Gasteiger partial charge in [-0.3, -0.25) is 0 Å². The Hall–Kier alpha value is -2.64. The van der Waals surface area contributed by atoms with E-state index in [0.717, 1.165) is 17.0 Å². The average molecular weight is 389 g/mol. The van der Waals surface area contributed by atoms with Gasteiger partial charge in [-0.05, 0) is 67.7 Å². The maximum absolute atomic E-state index is 5.88. The molecule has 0 fully saturated rings. The second-order valence-corrected chi connectivity index (χ2v) is 6.13. The molecule has 6 nitrogen and oxygen atoms in total. The molecule has 0 saturated heterocycles. The van der Waals surface area contributed by atoms with Crippen LogP contribution in [0.4, 0.5) is 5.69 Å². The summed E-state index contributed by atoms with van der Waals surface area (Å²) in [7, 11) is 0. The summed E-state index contributed by atoms with van der Waals surface area (Å²) in [5, 5.41) is 11.2. The van der Waals surface area contributed by atoms with Crippen molar-refractivity contribution in [3.05, 3.63) is 59.4 Å². The molecule has 2 aromatic carbocycles. The smallest absolute Gasteiger partial charge is 0.246 e. The van der Waals surface area contributed by atoms with Crippen LogP contribution in [0.2, 0.25) is 5.02 Å². The minimum absolute atomic E-state index is 0.323. The van der Waals surface area contributed by atoms with Crippen molar-refractivity contribution < 1.29 is 9.26 Å². The van der Waals surface area contributed by atoms with Crippen LogP contribution in [-0.2, 0) is 6.54 Å². The molecule has 0 bridgehead atoms. The number of nitrogens with one attached hydrogen (secondary N) is 2. The third-order valence-electron chi connectivity index (χ3n) is 3.39. The quantitative estimate of drug-likeness (QED) is 0.610. The van der Waals surface area contributed by atoms with Crippen molar-refractivity contribution in [2.45, 2.75) is 13.5 Å². The van der Waals surface area contributed by atoms with Gasteiger partial charge in [0.15, 0.2) is 5.11 Å². The van der Waals surface area contributed by atoms with E-state index in [2.05, 4.69) is 20.8 Å². The fourth-order valence-corrected chi connectivity index (χ4v) is 2.49. The van der Waals surface area contributed by atoms with Crippen LogP contribution in [0.3, 0.4) is 0 Å². The Kier molecular flexibility index (Phi) is 6.04. The van der Waals surface area contributed by atoms with Gasteiger partial charge in [-0.25, -0.2) is 0 Å². The lowest BCUT2D eigenvalue weighted by Crippen LogP contribution is -2.27. The number of thiocarbonyl (C=S) groups is 1. The van der Waals surface area contributed by atoms with Gasteiger partial charge < -0.3 is 19.9 Å². The van der Waals surface area contributed by atoms with E-state index in [-0.39, 0.29) is 0 Å². The SMILES string of the molecule is CCOc1ccc(NC(=S)NCc2nc(-c3ccc(Cl)cc3)no2)cc1. The molecule has 3 aromatic rings. The monoisotopic (exact) mass is 388 g/mol. The first-order valence-electron chi connectivity index (χ1n) is 8.00. The van der Waals surface area contributed by atoms with Crippen LogP contribution in [0.5, 0.6) is 5.75 Å². The number of halogens is 1. The molecule has 0 saturated carbocycles. The molecule has 0 aliphatic carbocycles. The highest BCUT2D eigenvalue weighted by molar-refractivity contribution is 7.80. The Bertz CT molecular complexity index is 866. The van der Waals surface area contributed by atoms with E-state index in [9.17, 15) is 0 Å². The summed E-state index contributed by atoms with van der Waals surface area (Å²) in [6.45, 7) is 2.90. The second kappa shape index (κ2) is 8.64. The highest BCUT2D eigenvalue weighted by atomic mass is 35.5. The number of nitrogens with zero attached hydrogens (tertiary/aromatic N) is 2. The number of benzene rings is 2. The molecule has 0 spiro atoms. The Morgan fingerprint density at radius 2 is 1.88 bits per heavy atom. The molecule has 134 valence electrons. The highest BCUT2D eigenvalue weighted by Crippen LogP contribution is 2.19. The third kappa shape index (κ3) is 4.93. The topological polar surface area (TPSA) is 72.2 Å². The zero-order valence-corrected chi connectivity index (χ0v) is 15.6. The molecule has 0 atom stereocenters. The van der Waals surface area contributed by atoms with Gasteiger partial charge in [0, 0.05) is 16.3 Å². The van der Waals surface area contributed by atoms with Crippen molar-refractivity contribution in [3.8, 4) is 17.1 Å². The van der Waals surface area contributed by atoms with Crippen LogP contribution in [0.15, 0.2) is 53.1 Å². The van der Waals surface area contributed by atoms with Gasteiger partial charge in [0.25, 0.3) is 0 Å². The van der Waals surface area contributed by atoms with E-state index in [4.69, 9.17) is 33.1 Å². The first kappa shape index (κ1) is 18.2. The Labute approximate surface area is 161 Å². The van der Waals surface area contributed by atoms with Gasteiger partial charge >= 0.3 is 0 Å². The summed E-state index contributed by atoms with van der Waals surface area (Å²) in [6, 6.07) is 14.8. The molecule has 2 N–H and O–H groups in total. The molecule has 8 heteroatoms. The van der Waals surface area contributed by atoms with Crippen LogP contribution < -0.4 is 15.4 Å². The number of rotatable bonds is 6. The lowest BCUT2D eigenvalue weighted by Gasteiger charge is -2.09. The molecule has 1 aromatic heterocycles. The predicted molar refractivity (Wildman–Crippen MR) is 105 cm³/mol. The average Bonchev–Trinajstić information content (AvgIpc) is 3.11. The minimum atomic E-state index is 0.323. The van der Waals surface area contributed by atoms with Crippen LogP contribution in [0, 0.1) is 0 Å². The summed E-state index contributed by atoms with van der Waals surface area (Å²) in [6.07, 6.45) is 0. The van der Waals surface area contributed by atoms with Crippen molar-refractivity contribution in [3.63, 3.8) is 0 Å². The molecule has 0 amide bonds. The summed E-state index contributed by atoms with van der Waals surface area (Å²) in [5.74, 6) is 1.76. The first-order valence-corrected chi connectivity index (χ1v) is 8.79. The van der Waals surface area contributed by atoms with Gasteiger partial charge in [-0.15, -0.1) is 0 Å². The first-order chi connectivity index (χ1) is 12.6. The molecule has 0 aliphatic heterocycles. The van der Waals surface area contributed by atoms with Crippen LogP contribution in [0.1, 0.15) is 12.8 Å². The van der Waals surface area contributed by atoms with E-state index in [0.29, 0.717) is 35.0 Å². The van der Waals surface area contributed by atoms with Crippen molar-refractivity contribution in [2.75, 3.05) is 11.9 Å².